The Morgan fingerprint density at radius 2 is 1.95 bits per heavy atom. The van der Waals surface area contributed by atoms with Crippen LogP contribution in [0.4, 0.5) is 0 Å². The number of carbonyl (C=O) groups excluding carboxylic acids is 2. The van der Waals surface area contributed by atoms with Crippen LogP contribution in [0, 0.1) is 17.8 Å². The van der Waals surface area contributed by atoms with Gasteiger partial charge in [-0.15, -0.1) is 0 Å². The molecule has 0 aromatic heterocycles. The summed E-state index contributed by atoms with van der Waals surface area (Å²) in [5.74, 6) is 1.52. The van der Waals surface area contributed by atoms with Crippen molar-refractivity contribution in [3.63, 3.8) is 0 Å². The number of hydrogen-bond acceptors (Lipinski definition) is 2. The van der Waals surface area contributed by atoms with Crippen molar-refractivity contribution < 1.29 is 9.59 Å². The Labute approximate surface area is 129 Å². The number of amides is 2. The molecule has 3 atom stereocenters. The highest BCUT2D eigenvalue weighted by molar-refractivity contribution is 6.33. The molecule has 5 heteroatoms. The topological polar surface area (TPSA) is 58.2 Å². The molecule has 0 spiro atoms. The summed E-state index contributed by atoms with van der Waals surface area (Å²) in [5, 5.41) is 0.373. The SMILES string of the molecule is O=C(C[C@@H]1C[C@@H]2CC[C@@H]1C2)NNC(=O)c1ccccc1Cl. The van der Waals surface area contributed by atoms with E-state index in [4.69, 9.17) is 11.6 Å². The Morgan fingerprint density at radius 1 is 1.14 bits per heavy atom. The lowest BCUT2D eigenvalue weighted by atomic mass is 9.86. The molecule has 2 fully saturated rings. The van der Waals surface area contributed by atoms with Gasteiger partial charge in [0.15, 0.2) is 0 Å². The Balaban J connectivity index is 1.48. The Kier molecular flexibility index (Phi) is 4.15. The molecular formula is C16H19ClN2O2. The predicted molar refractivity (Wildman–Crippen MR) is 80.6 cm³/mol. The fraction of sp³-hybridized carbons (Fsp3) is 0.500. The molecule has 2 aliphatic rings. The zero-order valence-electron chi connectivity index (χ0n) is 11.8. The molecule has 0 radical (unpaired) electrons. The van der Waals surface area contributed by atoms with E-state index in [1.54, 1.807) is 24.3 Å². The Morgan fingerprint density at radius 3 is 2.62 bits per heavy atom. The molecule has 2 amide bonds. The zero-order valence-corrected chi connectivity index (χ0v) is 12.5. The number of hydrogen-bond donors (Lipinski definition) is 2. The van der Waals surface area contributed by atoms with Gasteiger partial charge in [0.1, 0.15) is 0 Å². The van der Waals surface area contributed by atoms with Crippen molar-refractivity contribution in [2.24, 2.45) is 17.8 Å². The highest BCUT2D eigenvalue weighted by atomic mass is 35.5. The number of halogens is 1. The van der Waals surface area contributed by atoms with Crippen LogP contribution in [0.15, 0.2) is 24.3 Å². The van der Waals surface area contributed by atoms with Gasteiger partial charge in [-0.2, -0.15) is 0 Å². The summed E-state index contributed by atoms with van der Waals surface area (Å²) in [4.78, 5) is 23.9. The first-order chi connectivity index (χ1) is 10.1. The fourth-order valence-corrected chi connectivity index (χ4v) is 3.98. The number of hydrazine groups is 1. The summed E-state index contributed by atoms with van der Waals surface area (Å²) in [6.45, 7) is 0. The van der Waals surface area contributed by atoms with Crippen LogP contribution in [0.25, 0.3) is 0 Å². The van der Waals surface area contributed by atoms with Crippen molar-refractivity contribution >= 4 is 23.4 Å². The van der Waals surface area contributed by atoms with E-state index in [2.05, 4.69) is 10.9 Å². The quantitative estimate of drug-likeness (QED) is 0.844. The van der Waals surface area contributed by atoms with Crippen LogP contribution in [0.5, 0.6) is 0 Å². The van der Waals surface area contributed by atoms with Crippen molar-refractivity contribution in [3.8, 4) is 0 Å². The molecular weight excluding hydrogens is 288 g/mol. The van der Waals surface area contributed by atoms with Crippen LogP contribution in [0.1, 0.15) is 42.5 Å². The fourth-order valence-electron chi connectivity index (χ4n) is 3.75. The molecule has 0 saturated heterocycles. The Bertz CT molecular complexity index is 561. The second-order valence-electron chi connectivity index (χ2n) is 6.12. The molecule has 4 nitrogen and oxygen atoms in total. The van der Waals surface area contributed by atoms with E-state index in [1.165, 1.54) is 19.3 Å². The number of nitrogens with one attached hydrogen (secondary N) is 2. The summed E-state index contributed by atoms with van der Waals surface area (Å²) in [5.41, 5.74) is 5.29. The van der Waals surface area contributed by atoms with E-state index in [0.717, 1.165) is 12.3 Å². The van der Waals surface area contributed by atoms with Gasteiger partial charge < -0.3 is 0 Å². The van der Waals surface area contributed by atoms with E-state index in [-0.39, 0.29) is 11.8 Å². The molecule has 112 valence electrons. The van der Waals surface area contributed by atoms with Crippen LogP contribution < -0.4 is 10.9 Å². The molecule has 2 aliphatic carbocycles. The van der Waals surface area contributed by atoms with E-state index >= 15 is 0 Å². The number of carbonyl (C=O) groups is 2. The molecule has 1 aromatic rings. The van der Waals surface area contributed by atoms with Gasteiger partial charge in [-0.05, 0) is 49.1 Å². The van der Waals surface area contributed by atoms with Crippen molar-refractivity contribution in [1.29, 1.82) is 0 Å². The highest BCUT2D eigenvalue weighted by Crippen LogP contribution is 2.49. The molecule has 1 aromatic carbocycles. The third kappa shape index (κ3) is 3.21. The standard InChI is InChI=1S/C16H19ClN2O2/c17-14-4-2-1-3-13(14)16(21)19-18-15(20)9-12-8-10-5-6-11(12)7-10/h1-4,10-12H,5-9H2,(H,18,20)(H,19,21)/t10-,11-,12+/m1/s1. The maximum Gasteiger partial charge on any atom is 0.271 e. The predicted octanol–water partition coefficient (Wildman–Crippen LogP) is 2.93. The maximum absolute atomic E-state index is 11.9. The molecule has 0 aliphatic heterocycles. The lowest BCUT2D eigenvalue weighted by molar-refractivity contribution is -0.123. The van der Waals surface area contributed by atoms with Crippen LogP contribution in [-0.2, 0) is 4.79 Å². The zero-order chi connectivity index (χ0) is 14.8. The summed E-state index contributed by atoms with van der Waals surface area (Å²) in [7, 11) is 0. The smallest absolute Gasteiger partial charge is 0.271 e. The minimum atomic E-state index is -0.387. The van der Waals surface area contributed by atoms with Crippen molar-refractivity contribution in [3.05, 3.63) is 34.9 Å². The number of rotatable bonds is 3. The molecule has 2 N–H and O–H groups in total. The first-order valence-corrected chi connectivity index (χ1v) is 7.85. The average Bonchev–Trinajstić information content (AvgIpc) is 3.08. The third-order valence-electron chi connectivity index (χ3n) is 4.77. The summed E-state index contributed by atoms with van der Waals surface area (Å²) in [6, 6.07) is 6.76. The van der Waals surface area contributed by atoms with Crippen LogP contribution in [0.3, 0.4) is 0 Å². The average molecular weight is 307 g/mol. The third-order valence-corrected chi connectivity index (χ3v) is 5.10. The van der Waals surface area contributed by atoms with Gasteiger partial charge in [0, 0.05) is 6.42 Å². The van der Waals surface area contributed by atoms with Crippen molar-refractivity contribution in [1.82, 2.24) is 10.9 Å². The van der Waals surface area contributed by atoms with Crippen molar-refractivity contribution in [2.45, 2.75) is 32.1 Å². The van der Waals surface area contributed by atoms with Crippen LogP contribution in [0.2, 0.25) is 5.02 Å². The van der Waals surface area contributed by atoms with Crippen LogP contribution >= 0.6 is 11.6 Å². The van der Waals surface area contributed by atoms with Gasteiger partial charge >= 0.3 is 0 Å². The minimum Gasteiger partial charge on any atom is -0.273 e. The monoisotopic (exact) mass is 306 g/mol. The molecule has 2 saturated carbocycles. The van der Waals surface area contributed by atoms with Gasteiger partial charge in [0.05, 0.1) is 10.6 Å². The minimum absolute atomic E-state index is 0.118. The van der Waals surface area contributed by atoms with E-state index in [9.17, 15) is 9.59 Å². The van der Waals surface area contributed by atoms with Gasteiger partial charge in [0.2, 0.25) is 5.91 Å². The molecule has 21 heavy (non-hydrogen) atoms. The van der Waals surface area contributed by atoms with E-state index in [1.807, 2.05) is 0 Å². The second kappa shape index (κ2) is 6.06. The summed E-state index contributed by atoms with van der Waals surface area (Å²) < 4.78 is 0. The van der Waals surface area contributed by atoms with Gasteiger partial charge in [0.25, 0.3) is 5.91 Å². The lowest BCUT2D eigenvalue weighted by Gasteiger charge is -2.20. The summed E-state index contributed by atoms with van der Waals surface area (Å²) >= 11 is 5.94. The maximum atomic E-state index is 11.9. The molecule has 3 rings (SSSR count). The first-order valence-electron chi connectivity index (χ1n) is 7.47. The van der Waals surface area contributed by atoms with Gasteiger partial charge in [-0.1, -0.05) is 30.2 Å². The molecule has 0 unspecified atom stereocenters. The van der Waals surface area contributed by atoms with Crippen molar-refractivity contribution in [2.75, 3.05) is 0 Å². The van der Waals surface area contributed by atoms with Gasteiger partial charge in [-0.25, -0.2) is 0 Å². The molecule has 2 bridgehead atoms. The first kappa shape index (κ1) is 14.4. The number of fused-ring (bicyclic) bond motifs is 2. The van der Waals surface area contributed by atoms with Crippen LogP contribution in [-0.4, -0.2) is 11.8 Å². The normalized spacial score (nSPS) is 26.6. The molecule has 0 heterocycles. The van der Waals surface area contributed by atoms with Gasteiger partial charge in [-0.3, -0.25) is 20.4 Å². The lowest BCUT2D eigenvalue weighted by Crippen LogP contribution is -2.42. The summed E-state index contributed by atoms with van der Waals surface area (Å²) in [6.07, 6.45) is 5.53. The van der Waals surface area contributed by atoms with E-state index in [0.29, 0.717) is 28.8 Å². The highest BCUT2D eigenvalue weighted by Gasteiger charge is 2.40. The Hall–Kier alpha value is -1.55. The largest absolute Gasteiger partial charge is 0.273 e. The number of benzene rings is 1. The second-order valence-corrected chi connectivity index (χ2v) is 6.53. The van der Waals surface area contributed by atoms with E-state index < -0.39 is 0 Å².